The summed E-state index contributed by atoms with van der Waals surface area (Å²) in [6, 6.07) is 0. The van der Waals surface area contributed by atoms with Crippen LogP contribution in [0.1, 0.15) is 19.1 Å². The van der Waals surface area contributed by atoms with Crippen LogP contribution in [0.25, 0.3) is 11.2 Å². The number of hydrogen-bond acceptors (Lipinski definition) is 5. The number of ether oxygens (including phenoxy) is 1. The Kier molecular flexibility index (Phi) is 2.53. The molecule has 0 aromatic carbocycles. The number of hydrogen-bond donors (Lipinski definition) is 3. The molecule has 1 fully saturated rings. The highest BCUT2D eigenvalue weighted by Crippen LogP contribution is 2.30. The lowest BCUT2D eigenvalue weighted by molar-refractivity contribution is 0.000353. The molecule has 2 aromatic rings. The Bertz CT molecular complexity index is 685. The van der Waals surface area contributed by atoms with Crippen LogP contribution in [-0.4, -0.2) is 30.7 Å². The molecule has 2 atom stereocenters. The molecule has 3 rings (SSSR count). The Balaban J connectivity index is 2.08. The van der Waals surface area contributed by atoms with Crippen molar-refractivity contribution in [3.8, 4) is 0 Å². The summed E-state index contributed by atoms with van der Waals surface area (Å²) in [6.07, 6.45) is 2.11. The van der Waals surface area contributed by atoms with Crippen LogP contribution in [0.15, 0.2) is 15.9 Å². The Morgan fingerprint density at radius 1 is 1.44 bits per heavy atom. The van der Waals surface area contributed by atoms with Crippen LogP contribution in [0.2, 0.25) is 0 Å². The fourth-order valence-electron chi connectivity index (χ4n) is 2.13. The second-order valence-electron chi connectivity index (χ2n) is 4.11. The van der Waals surface area contributed by atoms with E-state index < -0.39 is 11.2 Å². The quantitative estimate of drug-likeness (QED) is 0.673. The fourth-order valence-corrected chi connectivity index (χ4v) is 2.13. The fraction of sp³-hybridized carbons (Fsp3) is 0.400. The van der Waals surface area contributed by atoms with Crippen molar-refractivity contribution in [3.63, 3.8) is 0 Å². The van der Waals surface area contributed by atoms with E-state index in [2.05, 4.69) is 15.0 Å². The average Bonchev–Trinajstić information content (AvgIpc) is 2.93. The van der Waals surface area contributed by atoms with E-state index in [-0.39, 0.29) is 17.8 Å². The summed E-state index contributed by atoms with van der Waals surface area (Å²) in [4.78, 5) is 31.3. The maximum atomic E-state index is 11.5. The van der Waals surface area contributed by atoms with Crippen molar-refractivity contribution >= 4 is 11.2 Å². The zero-order chi connectivity index (χ0) is 12.7. The molecule has 1 saturated heterocycles. The molecule has 0 aliphatic carbocycles. The number of imidazole rings is 1. The summed E-state index contributed by atoms with van der Waals surface area (Å²) in [6.45, 7) is 0.995. The van der Waals surface area contributed by atoms with E-state index in [9.17, 15) is 9.59 Å². The van der Waals surface area contributed by atoms with Crippen molar-refractivity contribution in [3.05, 3.63) is 33.8 Å². The van der Waals surface area contributed by atoms with Gasteiger partial charge in [0.2, 0.25) is 0 Å². The van der Waals surface area contributed by atoms with E-state index in [1.807, 2.05) is 0 Å². The van der Waals surface area contributed by atoms with Gasteiger partial charge in [0.1, 0.15) is 18.5 Å². The highest BCUT2D eigenvalue weighted by atomic mass is 16.5. The van der Waals surface area contributed by atoms with Crippen LogP contribution in [0.3, 0.4) is 0 Å². The van der Waals surface area contributed by atoms with Crippen LogP contribution in [0, 0.1) is 6.61 Å². The molecule has 2 aromatic heterocycles. The summed E-state index contributed by atoms with van der Waals surface area (Å²) >= 11 is 0. The predicted octanol–water partition coefficient (Wildman–Crippen LogP) is -0.375. The van der Waals surface area contributed by atoms with Crippen LogP contribution < -0.4 is 11.2 Å². The van der Waals surface area contributed by atoms with Gasteiger partial charge in [-0.2, -0.15) is 0 Å². The molecule has 8 heteroatoms. The molecular weight excluding hydrogens is 240 g/mol. The molecule has 8 nitrogen and oxygen atoms in total. The van der Waals surface area contributed by atoms with Crippen molar-refractivity contribution in [1.82, 2.24) is 19.5 Å². The van der Waals surface area contributed by atoms with E-state index in [1.165, 1.54) is 6.33 Å². The van der Waals surface area contributed by atoms with Gasteiger partial charge >= 0.3 is 5.69 Å². The molecule has 3 N–H and O–H groups in total. The van der Waals surface area contributed by atoms with Crippen molar-refractivity contribution in [2.75, 3.05) is 0 Å². The first-order valence-corrected chi connectivity index (χ1v) is 5.51. The normalized spacial score (nSPS) is 23.8. The van der Waals surface area contributed by atoms with Gasteiger partial charge in [0.15, 0.2) is 5.52 Å². The molecule has 95 valence electrons. The van der Waals surface area contributed by atoms with E-state index >= 15 is 0 Å². The number of nitrogens with zero attached hydrogens (tertiary/aromatic N) is 2. The van der Waals surface area contributed by atoms with Gasteiger partial charge in [0.05, 0.1) is 12.4 Å². The molecule has 1 radical (unpaired) electrons. The number of H-pyrrole nitrogens is 2. The third kappa shape index (κ3) is 1.66. The summed E-state index contributed by atoms with van der Waals surface area (Å²) in [5.74, 6) is 0. The molecule has 0 amide bonds. The number of fused-ring (bicyclic) bond motifs is 1. The SMILES string of the molecule is O=c1[nH]c(=O)c2ncn([C@H]3CC[C@@H]([CH]O)O3)c2[nH]1. The molecule has 18 heavy (non-hydrogen) atoms. The second-order valence-corrected chi connectivity index (χ2v) is 4.11. The minimum atomic E-state index is -0.586. The van der Waals surface area contributed by atoms with Gasteiger partial charge in [-0.1, -0.05) is 0 Å². The molecule has 0 bridgehead atoms. The van der Waals surface area contributed by atoms with E-state index in [0.717, 1.165) is 6.61 Å². The molecule has 0 unspecified atom stereocenters. The number of nitrogens with one attached hydrogen (secondary N) is 2. The molecule has 3 heterocycles. The highest BCUT2D eigenvalue weighted by Gasteiger charge is 2.27. The Morgan fingerprint density at radius 2 is 2.28 bits per heavy atom. The van der Waals surface area contributed by atoms with Crippen LogP contribution in [0.4, 0.5) is 0 Å². The van der Waals surface area contributed by atoms with Gasteiger partial charge in [-0.15, -0.1) is 0 Å². The van der Waals surface area contributed by atoms with Crippen LogP contribution in [-0.2, 0) is 4.74 Å². The number of aliphatic hydroxyl groups is 1. The minimum Gasteiger partial charge on any atom is -0.388 e. The van der Waals surface area contributed by atoms with Crippen molar-refractivity contribution in [2.45, 2.75) is 25.2 Å². The van der Waals surface area contributed by atoms with E-state index in [0.29, 0.717) is 18.5 Å². The summed E-state index contributed by atoms with van der Waals surface area (Å²) < 4.78 is 7.12. The van der Waals surface area contributed by atoms with Gasteiger partial charge in [-0.25, -0.2) is 9.78 Å². The Labute approximate surface area is 100 Å². The smallest absolute Gasteiger partial charge is 0.327 e. The third-order valence-electron chi connectivity index (χ3n) is 2.97. The highest BCUT2D eigenvalue weighted by molar-refractivity contribution is 5.68. The Hall–Kier alpha value is -1.93. The first-order chi connectivity index (χ1) is 8.69. The monoisotopic (exact) mass is 251 g/mol. The van der Waals surface area contributed by atoms with Gasteiger partial charge in [0.25, 0.3) is 5.56 Å². The number of aliphatic hydroxyl groups excluding tert-OH is 1. The lowest BCUT2D eigenvalue weighted by Crippen LogP contribution is -2.23. The number of rotatable bonds is 2. The molecular formula is C10H11N4O4. The lowest BCUT2D eigenvalue weighted by Gasteiger charge is -2.13. The van der Waals surface area contributed by atoms with Crippen LogP contribution >= 0.6 is 0 Å². The molecule has 0 spiro atoms. The zero-order valence-electron chi connectivity index (χ0n) is 9.29. The minimum absolute atomic E-state index is 0.162. The maximum Gasteiger partial charge on any atom is 0.327 e. The van der Waals surface area contributed by atoms with Gasteiger partial charge in [0, 0.05) is 0 Å². The van der Waals surface area contributed by atoms with Crippen molar-refractivity contribution in [2.24, 2.45) is 0 Å². The molecule has 0 saturated carbocycles. The second kappa shape index (κ2) is 4.07. The summed E-state index contributed by atoms with van der Waals surface area (Å²) in [5.41, 5.74) is -0.629. The van der Waals surface area contributed by atoms with E-state index in [1.54, 1.807) is 4.57 Å². The van der Waals surface area contributed by atoms with Crippen molar-refractivity contribution < 1.29 is 9.84 Å². The van der Waals surface area contributed by atoms with Gasteiger partial charge in [-0.3, -0.25) is 19.3 Å². The summed E-state index contributed by atoms with van der Waals surface area (Å²) in [7, 11) is 0. The first kappa shape index (κ1) is 11.2. The van der Waals surface area contributed by atoms with Gasteiger partial charge in [-0.05, 0) is 12.8 Å². The first-order valence-electron chi connectivity index (χ1n) is 5.51. The standard InChI is InChI=1S/C10H11N4O4/c15-3-5-1-2-6(18-5)14-4-11-7-8(14)12-10(17)13-9(7)16/h3-6,15H,1-2H2,(H2,12,13,16,17)/t5-,6+/m0/s1. The topological polar surface area (TPSA) is 113 Å². The van der Waals surface area contributed by atoms with Crippen LogP contribution in [0.5, 0.6) is 0 Å². The maximum absolute atomic E-state index is 11.5. The third-order valence-corrected chi connectivity index (χ3v) is 2.97. The Morgan fingerprint density at radius 3 is 3.00 bits per heavy atom. The summed E-state index contributed by atoms with van der Waals surface area (Å²) in [5, 5.41) is 8.90. The lowest BCUT2D eigenvalue weighted by atomic mass is 10.2. The van der Waals surface area contributed by atoms with Gasteiger partial charge < -0.3 is 9.84 Å². The van der Waals surface area contributed by atoms with E-state index in [4.69, 9.17) is 9.84 Å². The zero-order valence-corrected chi connectivity index (χ0v) is 9.29. The molecule has 1 aliphatic rings. The number of aromatic nitrogens is 4. The average molecular weight is 251 g/mol. The molecule has 1 aliphatic heterocycles. The number of aromatic amines is 2. The predicted molar refractivity (Wildman–Crippen MR) is 60.4 cm³/mol. The largest absolute Gasteiger partial charge is 0.388 e. The van der Waals surface area contributed by atoms with Crippen molar-refractivity contribution in [1.29, 1.82) is 0 Å².